The second-order valence-corrected chi connectivity index (χ2v) is 3.94. The van der Waals surface area contributed by atoms with Crippen LogP contribution in [-0.4, -0.2) is 31.6 Å². The van der Waals surface area contributed by atoms with Crippen molar-refractivity contribution in [1.82, 2.24) is 0 Å². The smallest absolute Gasteiger partial charge is 0.379 e. The molecule has 0 atom stereocenters. The van der Waals surface area contributed by atoms with Crippen LogP contribution in [0.15, 0.2) is 12.1 Å². The first-order chi connectivity index (χ1) is 9.54. The molecule has 0 bridgehead atoms. The maximum atomic E-state index is 12.8. The molecule has 0 unspecified atom stereocenters. The minimum Gasteiger partial charge on any atom is -0.486 e. The monoisotopic (exact) mass is 286 g/mol. The van der Waals surface area contributed by atoms with Crippen LogP contribution in [0, 0.1) is 0 Å². The van der Waals surface area contributed by atoms with Crippen LogP contribution in [0.4, 0.5) is 8.78 Å². The average Bonchev–Trinajstić information content (AvgIpc) is 2.45. The van der Waals surface area contributed by atoms with Crippen molar-refractivity contribution in [3.05, 3.63) is 23.3 Å². The zero-order valence-electron chi connectivity index (χ0n) is 10.7. The molecule has 0 spiro atoms. The van der Waals surface area contributed by atoms with Gasteiger partial charge in [-0.05, 0) is 19.1 Å². The van der Waals surface area contributed by atoms with Gasteiger partial charge in [-0.3, -0.25) is 4.79 Å². The molecule has 0 amide bonds. The van der Waals surface area contributed by atoms with E-state index in [2.05, 4.69) is 4.74 Å². The van der Waals surface area contributed by atoms with E-state index in [1.165, 1.54) is 6.92 Å². The molecule has 1 aromatic carbocycles. The number of ketones is 1. The number of hydrogen-bond donors (Lipinski definition) is 0. The Morgan fingerprint density at radius 2 is 2.00 bits per heavy atom. The lowest BCUT2D eigenvalue weighted by Crippen LogP contribution is -2.22. The molecule has 20 heavy (non-hydrogen) atoms. The zero-order valence-corrected chi connectivity index (χ0v) is 10.7. The maximum absolute atomic E-state index is 12.8. The van der Waals surface area contributed by atoms with E-state index in [1.807, 2.05) is 0 Å². The highest BCUT2D eigenvalue weighted by atomic mass is 19.3. The first kappa shape index (κ1) is 14.2. The Balaban J connectivity index is 2.47. The predicted molar refractivity (Wildman–Crippen MR) is 63.4 cm³/mol. The number of benzene rings is 1. The molecule has 2 rings (SSSR count). The summed E-state index contributed by atoms with van der Waals surface area (Å²) in [6.45, 7) is 1.91. The Kier molecular flexibility index (Phi) is 4.16. The standard InChI is InChI=1S/C13H12F2O5/c1-2-18-13(17)10(16)8-5-7(12(14)15)6-9-11(8)20-4-3-19-9/h5-6,12H,2-4H2,1H3. The fraction of sp³-hybridized carbons (Fsp3) is 0.385. The van der Waals surface area contributed by atoms with Gasteiger partial charge in [-0.1, -0.05) is 0 Å². The van der Waals surface area contributed by atoms with Crippen LogP contribution in [0.3, 0.4) is 0 Å². The fourth-order valence-corrected chi connectivity index (χ4v) is 1.78. The molecule has 1 aromatic rings. The van der Waals surface area contributed by atoms with Gasteiger partial charge in [0.1, 0.15) is 13.2 Å². The van der Waals surface area contributed by atoms with Gasteiger partial charge in [0.2, 0.25) is 0 Å². The summed E-state index contributed by atoms with van der Waals surface area (Å²) in [5.41, 5.74) is -0.683. The van der Waals surface area contributed by atoms with Crippen molar-refractivity contribution in [2.24, 2.45) is 0 Å². The largest absolute Gasteiger partial charge is 0.486 e. The van der Waals surface area contributed by atoms with Crippen molar-refractivity contribution in [3.8, 4) is 11.5 Å². The van der Waals surface area contributed by atoms with E-state index in [4.69, 9.17) is 9.47 Å². The molecule has 1 aliphatic heterocycles. The highest BCUT2D eigenvalue weighted by Crippen LogP contribution is 2.38. The van der Waals surface area contributed by atoms with Crippen molar-refractivity contribution in [2.75, 3.05) is 19.8 Å². The molecule has 7 heteroatoms. The van der Waals surface area contributed by atoms with Crippen LogP contribution in [0.1, 0.15) is 29.3 Å². The van der Waals surface area contributed by atoms with Gasteiger partial charge in [0.25, 0.3) is 12.2 Å². The number of esters is 1. The summed E-state index contributed by atoms with van der Waals surface area (Å²) in [5, 5.41) is 0. The number of alkyl halides is 2. The van der Waals surface area contributed by atoms with E-state index in [0.29, 0.717) is 0 Å². The Morgan fingerprint density at radius 1 is 1.30 bits per heavy atom. The van der Waals surface area contributed by atoms with Gasteiger partial charge < -0.3 is 14.2 Å². The normalized spacial score (nSPS) is 13.2. The first-order valence-electron chi connectivity index (χ1n) is 5.97. The molecule has 0 aliphatic carbocycles. The second-order valence-electron chi connectivity index (χ2n) is 3.94. The lowest BCUT2D eigenvalue weighted by molar-refractivity contribution is -0.137. The predicted octanol–water partition coefficient (Wildman–Crippen LogP) is 2.14. The van der Waals surface area contributed by atoms with Crippen LogP contribution in [0.2, 0.25) is 0 Å². The number of carbonyl (C=O) groups is 2. The molecular formula is C13H12F2O5. The Hall–Kier alpha value is -2.18. The Bertz CT molecular complexity index is 542. The van der Waals surface area contributed by atoms with E-state index < -0.39 is 23.7 Å². The molecule has 5 nitrogen and oxygen atoms in total. The molecule has 0 saturated heterocycles. The zero-order chi connectivity index (χ0) is 14.7. The molecule has 0 aromatic heterocycles. The summed E-state index contributed by atoms with van der Waals surface area (Å²) < 4.78 is 40.6. The number of fused-ring (bicyclic) bond motifs is 1. The molecule has 108 valence electrons. The fourth-order valence-electron chi connectivity index (χ4n) is 1.78. The number of carbonyl (C=O) groups excluding carboxylic acids is 2. The van der Waals surface area contributed by atoms with Crippen LogP contribution in [-0.2, 0) is 9.53 Å². The van der Waals surface area contributed by atoms with Crippen LogP contribution in [0.5, 0.6) is 11.5 Å². The van der Waals surface area contributed by atoms with Gasteiger partial charge in [-0.25, -0.2) is 13.6 Å². The molecule has 0 fully saturated rings. The summed E-state index contributed by atoms with van der Waals surface area (Å²) in [6, 6.07) is 2.03. The number of halogens is 2. The third-order valence-corrected chi connectivity index (χ3v) is 2.62. The van der Waals surface area contributed by atoms with E-state index in [-0.39, 0.29) is 36.9 Å². The highest BCUT2D eigenvalue weighted by molar-refractivity contribution is 6.41. The van der Waals surface area contributed by atoms with Gasteiger partial charge in [0, 0.05) is 5.56 Å². The van der Waals surface area contributed by atoms with Crippen LogP contribution in [0.25, 0.3) is 0 Å². The molecule has 0 radical (unpaired) electrons. The topological polar surface area (TPSA) is 61.8 Å². The third-order valence-electron chi connectivity index (χ3n) is 2.62. The Labute approximate surface area is 113 Å². The van der Waals surface area contributed by atoms with Crippen LogP contribution >= 0.6 is 0 Å². The maximum Gasteiger partial charge on any atom is 0.379 e. The number of rotatable bonds is 4. The van der Waals surface area contributed by atoms with Crippen LogP contribution < -0.4 is 9.47 Å². The van der Waals surface area contributed by atoms with Gasteiger partial charge in [-0.2, -0.15) is 0 Å². The van der Waals surface area contributed by atoms with Gasteiger partial charge >= 0.3 is 5.97 Å². The third kappa shape index (κ3) is 2.71. The lowest BCUT2D eigenvalue weighted by Gasteiger charge is -2.21. The summed E-state index contributed by atoms with van der Waals surface area (Å²) in [7, 11) is 0. The van der Waals surface area contributed by atoms with Gasteiger partial charge in [0.05, 0.1) is 12.2 Å². The lowest BCUT2D eigenvalue weighted by atomic mass is 10.0. The van der Waals surface area contributed by atoms with E-state index in [9.17, 15) is 18.4 Å². The Morgan fingerprint density at radius 3 is 2.65 bits per heavy atom. The summed E-state index contributed by atoms with van der Waals surface area (Å²) in [5.74, 6) is -2.12. The van der Waals surface area contributed by atoms with Crippen molar-refractivity contribution in [3.63, 3.8) is 0 Å². The summed E-state index contributed by atoms with van der Waals surface area (Å²) in [6.07, 6.45) is -2.79. The number of hydrogen-bond acceptors (Lipinski definition) is 5. The molecular weight excluding hydrogens is 274 g/mol. The van der Waals surface area contributed by atoms with E-state index in [1.54, 1.807) is 0 Å². The summed E-state index contributed by atoms with van der Waals surface area (Å²) in [4.78, 5) is 23.4. The quantitative estimate of drug-likeness (QED) is 0.482. The van der Waals surface area contributed by atoms with E-state index in [0.717, 1.165) is 12.1 Å². The van der Waals surface area contributed by atoms with Crippen molar-refractivity contribution >= 4 is 11.8 Å². The molecule has 0 N–H and O–H groups in total. The molecule has 0 saturated carbocycles. The summed E-state index contributed by atoms with van der Waals surface area (Å²) >= 11 is 0. The average molecular weight is 286 g/mol. The minimum atomic E-state index is -2.79. The van der Waals surface area contributed by atoms with E-state index >= 15 is 0 Å². The van der Waals surface area contributed by atoms with Crippen molar-refractivity contribution in [1.29, 1.82) is 0 Å². The highest BCUT2D eigenvalue weighted by Gasteiger charge is 2.28. The van der Waals surface area contributed by atoms with Crippen molar-refractivity contribution in [2.45, 2.75) is 13.3 Å². The molecule has 1 aliphatic rings. The second kappa shape index (κ2) is 5.85. The first-order valence-corrected chi connectivity index (χ1v) is 5.97. The SMILES string of the molecule is CCOC(=O)C(=O)c1cc(C(F)F)cc2c1OCCO2. The minimum absolute atomic E-state index is 0.00120. The van der Waals surface area contributed by atoms with Crippen molar-refractivity contribution < 1.29 is 32.6 Å². The molecule has 1 heterocycles. The van der Waals surface area contributed by atoms with Gasteiger partial charge in [-0.15, -0.1) is 0 Å². The van der Waals surface area contributed by atoms with Gasteiger partial charge in [0.15, 0.2) is 11.5 Å². The number of Topliss-reactive ketones (excluding diaryl/α,β-unsaturated/α-hetero) is 1. The number of ether oxygens (including phenoxy) is 3.